The van der Waals surface area contributed by atoms with E-state index in [-0.39, 0.29) is 0 Å². The summed E-state index contributed by atoms with van der Waals surface area (Å²) in [6, 6.07) is 7.61. The molecule has 1 saturated carbocycles. The standard InChI is InChI=1S/C21H31NO/c1-21-11-5-3-4-8-17(20(21)22-12-6-7-13-22)14-16-9-10-18(23-2)15-19(16)21/h9-10,15,17,20H,3-8,11-14H2,1-2H3/t17-,20-,21+/m0/s1. The van der Waals surface area contributed by atoms with E-state index < -0.39 is 0 Å². The van der Waals surface area contributed by atoms with Gasteiger partial charge in [-0.3, -0.25) is 4.90 Å². The number of ether oxygens (including phenoxy) is 1. The van der Waals surface area contributed by atoms with Crippen LogP contribution in [0.2, 0.25) is 0 Å². The fourth-order valence-corrected chi connectivity index (χ4v) is 5.80. The number of hydrogen-bond acceptors (Lipinski definition) is 2. The highest BCUT2D eigenvalue weighted by Crippen LogP contribution is 2.49. The molecule has 1 aromatic carbocycles. The van der Waals surface area contributed by atoms with E-state index in [1.165, 1.54) is 64.5 Å². The van der Waals surface area contributed by atoms with Crippen molar-refractivity contribution in [3.63, 3.8) is 0 Å². The first-order valence-corrected chi connectivity index (χ1v) is 9.64. The molecule has 0 amide bonds. The van der Waals surface area contributed by atoms with Gasteiger partial charge in [0.25, 0.3) is 0 Å². The largest absolute Gasteiger partial charge is 0.497 e. The van der Waals surface area contributed by atoms with Gasteiger partial charge in [0, 0.05) is 11.5 Å². The second-order valence-corrected chi connectivity index (χ2v) is 8.19. The zero-order chi connectivity index (χ0) is 15.9. The first kappa shape index (κ1) is 15.5. The van der Waals surface area contributed by atoms with Crippen molar-refractivity contribution in [1.29, 1.82) is 0 Å². The number of rotatable bonds is 2. The van der Waals surface area contributed by atoms with Gasteiger partial charge in [-0.15, -0.1) is 0 Å². The maximum atomic E-state index is 5.57. The number of likely N-dealkylation sites (tertiary alicyclic amines) is 1. The average Bonchev–Trinajstić information content (AvgIpc) is 3.07. The van der Waals surface area contributed by atoms with Gasteiger partial charge in [-0.2, -0.15) is 0 Å². The van der Waals surface area contributed by atoms with Crippen LogP contribution in [0.1, 0.15) is 63.0 Å². The zero-order valence-corrected chi connectivity index (χ0v) is 14.8. The molecule has 1 saturated heterocycles. The van der Waals surface area contributed by atoms with Crippen molar-refractivity contribution in [3.05, 3.63) is 29.3 Å². The van der Waals surface area contributed by atoms with Gasteiger partial charge in [0.2, 0.25) is 0 Å². The van der Waals surface area contributed by atoms with Crippen LogP contribution in [0.4, 0.5) is 0 Å². The van der Waals surface area contributed by atoms with E-state index in [4.69, 9.17) is 4.74 Å². The summed E-state index contributed by atoms with van der Waals surface area (Å²) in [6.45, 7) is 5.19. The van der Waals surface area contributed by atoms with Crippen molar-refractivity contribution in [2.24, 2.45) is 5.92 Å². The van der Waals surface area contributed by atoms with Crippen molar-refractivity contribution < 1.29 is 4.74 Å². The van der Waals surface area contributed by atoms with Gasteiger partial charge in [-0.1, -0.05) is 32.3 Å². The maximum absolute atomic E-state index is 5.57. The fraction of sp³-hybridized carbons (Fsp3) is 0.714. The molecule has 126 valence electrons. The zero-order valence-electron chi connectivity index (χ0n) is 14.8. The molecule has 0 radical (unpaired) electrons. The molecular formula is C21H31NO. The second kappa shape index (κ2) is 6.12. The second-order valence-electron chi connectivity index (χ2n) is 8.19. The Morgan fingerprint density at radius 3 is 2.70 bits per heavy atom. The lowest BCUT2D eigenvalue weighted by Crippen LogP contribution is -2.56. The third-order valence-corrected chi connectivity index (χ3v) is 6.82. The molecule has 0 N–H and O–H groups in total. The van der Waals surface area contributed by atoms with Crippen LogP contribution >= 0.6 is 0 Å². The highest BCUT2D eigenvalue weighted by atomic mass is 16.5. The van der Waals surface area contributed by atoms with Gasteiger partial charge < -0.3 is 4.74 Å². The predicted molar refractivity (Wildman–Crippen MR) is 95.2 cm³/mol. The summed E-state index contributed by atoms with van der Waals surface area (Å²) in [4.78, 5) is 2.85. The van der Waals surface area contributed by atoms with Crippen molar-refractivity contribution >= 4 is 0 Å². The van der Waals surface area contributed by atoms with Crippen LogP contribution < -0.4 is 4.74 Å². The molecule has 2 heteroatoms. The van der Waals surface area contributed by atoms with Crippen molar-refractivity contribution in [2.45, 2.75) is 69.7 Å². The maximum Gasteiger partial charge on any atom is 0.119 e. The third kappa shape index (κ3) is 2.59. The van der Waals surface area contributed by atoms with E-state index >= 15 is 0 Å². The molecule has 1 heterocycles. The van der Waals surface area contributed by atoms with Crippen molar-refractivity contribution in [2.75, 3.05) is 20.2 Å². The number of nitrogens with zero attached hydrogens (tertiary/aromatic N) is 1. The van der Waals surface area contributed by atoms with Crippen LogP contribution in [0.3, 0.4) is 0 Å². The fourth-order valence-electron chi connectivity index (χ4n) is 5.80. The van der Waals surface area contributed by atoms with Crippen LogP contribution in [0, 0.1) is 5.92 Å². The lowest BCUT2D eigenvalue weighted by molar-refractivity contribution is 0.0628. The topological polar surface area (TPSA) is 12.5 Å². The molecule has 0 unspecified atom stereocenters. The monoisotopic (exact) mass is 313 g/mol. The summed E-state index contributed by atoms with van der Waals surface area (Å²) in [6.07, 6.45) is 11.0. The third-order valence-electron chi connectivity index (χ3n) is 6.82. The molecule has 2 fully saturated rings. The Balaban J connectivity index is 1.81. The molecule has 1 aromatic rings. The molecule has 4 rings (SSSR count). The SMILES string of the molecule is COc1ccc2c(c1)[C@@]1(C)CCCCC[C@@H](C2)[C@@H]1N1CCCC1. The highest BCUT2D eigenvalue weighted by Gasteiger charge is 2.48. The molecule has 23 heavy (non-hydrogen) atoms. The van der Waals surface area contributed by atoms with Gasteiger partial charge >= 0.3 is 0 Å². The van der Waals surface area contributed by atoms with Gasteiger partial charge in [-0.05, 0) is 74.4 Å². The Hall–Kier alpha value is -1.02. The van der Waals surface area contributed by atoms with E-state index in [2.05, 4.69) is 30.0 Å². The smallest absolute Gasteiger partial charge is 0.119 e. The molecule has 2 aliphatic carbocycles. The Morgan fingerprint density at radius 1 is 1.09 bits per heavy atom. The summed E-state index contributed by atoms with van der Waals surface area (Å²) in [5, 5.41) is 0. The van der Waals surface area contributed by atoms with E-state index in [1.807, 2.05) is 0 Å². The van der Waals surface area contributed by atoms with E-state index in [0.29, 0.717) is 5.41 Å². The minimum absolute atomic E-state index is 0.303. The summed E-state index contributed by atoms with van der Waals surface area (Å²) in [5.74, 6) is 1.88. The van der Waals surface area contributed by atoms with Crippen molar-refractivity contribution in [3.8, 4) is 5.75 Å². The lowest BCUT2D eigenvalue weighted by atomic mass is 9.59. The van der Waals surface area contributed by atoms with E-state index in [1.54, 1.807) is 18.2 Å². The average molecular weight is 313 g/mol. The molecule has 3 atom stereocenters. The van der Waals surface area contributed by atoms with Gasteiger partial charge in [0.1, 0.15) is 5.75 Å². The first-order valence-electron chi connectivity index (χ1n) is 9.64. The number of benzene rings is 1. The van der Waals surface area contributed by atoms with E-state index in [0.717, 1.165) is 17.7 Å². The molecule has 0 spiro atoms. The summed E-state index contributed by atoms with van der Waals surface area (Å²) in [5.41, 5.74) is 3.49. The van der Waals surface area contributed by atoms with Crippen LogP contribution in [-0.2, 0) is 11.8 Å². The number of hydrogen-bond donors (Lipinski definition) is 0. The summed E-state index contributed by atoms with van der Waals surface area (Å²) < 4.78 is 5.57. The summed E-state index contributed by atoms with van der Waals surface area (Å²) >= 11 is 0. The quantitative estimate of drug-likeness (QED) is 0.794. The molecule has 2 bridgehead atoms. The van der Waals surface area contributed by atoms with E-state index in [9.17, 15) is 0 Å². The highest BCUT2D eigenvalue weighted by molar-refractivity contribution is 5.44. The Labute approximate surface area is 141 Å². The van der Waals surface area contributed by atoms with Crippen molar-refractivity contribution in [1.82, 2.24) is 4.90 Å². The lowest BCUT2D eigenvalue weighted by Gasteiger charge is -2.52. The Bertz CT molecular complexity index is 563. The summed E-state index contributed by atoms with van der Waals surface area (Å²) in [7, 11) is 1.80. The van der Waals surface area contributed by atoms with Gasteiger partial charge in [0.05, 0.1) is 7.11 Å². The molecule has 1 aliphatic heterocycles. The Morgan fingerprint density at radius 2 is 1.91 bits per heavy atom. The van der Waals surface area contributed by atoms with Gasteiger partial charge in [0.15, 0.2) is 0 Å². The molecule has 3 aliphatic rings. The normalized spacial score (nSPS) is 34.5. The first-order chi connectivity index (χ1) is 11.2. The molecule has 0 aromatic heterocycles. The van der Waals surface area contributed by atoms with Crippen LogP contribution in [0.25, 0.3) is 0 Å². The minimum Gasteiger partial charge on any atom is -0.497 e. The van der Waals surface area contributed by atoms with Crippen LogP contribution in [0.5, 0.6) is 5.75 Å². The molecular weight excluding hydrogens is 282 g/mol. The van der Waals surface area contributed by atoms with Crippen LogP contribution in [-0.4, -0.2) is 31.1 Å². The Kier molecular flexibility index (Phi) is 4.13. The minimum atomic E-state index is 0.303. The van der Waals surface area contributed by atoms with Crippen LogP contribution in [0.15, 0.2) is 18.2 Å². The number of fused-ring (bicyclic) bond motifs is 4. The number of methoxy groups -OCH3 is 1. The van der Waals surface area contributed by atoms with Gasteiger partial charge in [-0.25, -0.2) is 0 Å². The molecule has 2 nitrogen and oxygen atoms in total. The predicted octanol–water partition coefficient (Wildman–Crippen LogP) is 4.55.